The van der Waals surface area contributed by atoms with Gasteiger partial charge in [0.15, 0.2) is 0 Å². The quantitative estimate of drug-likeness (QED) is 0.145. The van der Waals surface area contributed by atoms with Crippen LogP contribution in [0.2, 0.25) is 0 Å². The molecule has 1 saturated heterocycles. The van der Waals surface area contributed by atoms with Crippen molar-refractivity contribution < 1.29 is 9.53 Å². The van der Waals surface area contributed by atoms with Crippen LogP contribution < -0.4 is 9.64 Å². The van der Waals surface area contributed by atoms with E-state index in [1.54, 1.807) is 0 Å². The number of carbonyl (C=O) groups excluding carboxylic acids is 1. The first-order valence-electron chi connectivity index (χ1n) is 20.4. The van der Waals surface area contributed by atoms with Crippen LogP contribution in [0.15, 0.2) is 60.7 Å². The minimum absolute atomic E-state index is 0.124. The molecule has 2 aliphatic carbocycles. The van der Waals surface area contributed by atoms with Gasteiger partial charge in [-0.1, -0.05) is 67.7 Å². The predicted octanol–water partition coefficient (Wildman–Crippen LogP) is 11.6. The third kappa shape index (κ3) is 7.63. The van der Waals surface area contributed by atoms with Crippen molar-refractivity contribution in [3.8, 4) is 22.8 Å². The zero-order chi connectivity index (χ0) is 36.6. The molecule has 4 aromatic rings. The Kier molecular flexibility index (Phi) is 10.7. The maximum atomic E-state index is 13.2. The zero-order valence-corrected chi connectivity index (χ0v) is 32.7. The van der Waals surface area contributed by atoms with E-state index >= 15 is 0 Å². The normalized spacial score (nSPS) is 25.6. The largest absolute Gasteiger partial charge is 0.457 e. The van der Waals surface area contributed by atoms with Crippen LogP contribution in [0.1, 0.15) is 123 Å². The minimum Gasteiger partial charge on any atom is -0.457 e. The van der Waals surface area contributed by atoms with Gasteiger partial charge in [-0.05, 0) is 134 Å². The van der Waals surface area contributed by atoms with Crippen molar-refractivity contribution in [1.29, 1.82) is 0 Å². The molecule has 7 rings (SSSR count). The van der Waals surface area contributed by atoms with Gasteiger partial charge >= 0.3 is 0 Å². The van der Waals surface area contributed by atoms with Gasteiger partial charge in [0.25, 0.3) is 0 Å². The van der Waals surface area contributed by atoms with E-state index < -0.39 is 0 Å². The molecule has 2 aromatic carbocycles. The van der Waals surface area contributed by atoms with Gasteiger partial charge in [0.2, 0.25) is 0 Å². The fourth-order valence-electron chi connectivity index (χ4n) is 9.58. The van der Waals surface area contributed by atoms with E-state index in [0.29, 0.717) is 47.3 Å². The highest BCUT2D eigenvalue weighted by Crippen LogP contribution is 2.55. The van der Waals surface area contributed by atoms with Gasteiger partial charge in [-0.2, -0.15) is 10.2 Å². The van der Waals surface area contributed by atoms with Crippen molar-refractivity contribution in [2.24, 2.45) is 35.0 Å². The van der Waals surface area contributed by atoms with Crippen LogP contribution in [0, 0.1) is 35.0 Å². The van der Waals surface area contributed by atoms with E-state index in [1.165, 1.54) is 25.7 Å². The molecule has 276 valence electrons. The van der Waals surface area contributed by atoms with Gasteiger partial charge in [0.1, 0.15) is 23.1 Å². The standard InChI is InChI=1S/C46H60N4O2/c1-8-32(7)46-26-37(29(2)3)24-38(27-46)50(28-46)45-21-16-35-23-36(13-12-34-11-9-10-31(6)22-43(34)51)44(25-42(35)47-45)52-39-17-14-33(15-18-39)41-20-19-40(30(4)5)48-49-41/h14-21,23,25,29-32,34,37-38H,8-13,22,24,26-28H2,1-7H3. The van der Waals surface area contributed by atoms with Gasteiger partial charge in [-0.3, -0.25) is 4.79 Å². The van der Waals surface area contributed by atoms with Crippen molar-refractivity contribution in [2.45, 2.75) is 125 Å². The predicted molar refractivity (Wildman–Crippen MR) is 213 cm³/mol. The second kappa shape index (κ2) is 15.3. The molecule has 0 amide bonds. The van der Waals surface area contributed by atoms with Crippen LogP contribution in [0.3, 0.4) is 0 Å². The van der Waals surface area contributed by atoms with Gasteiger partial charge < -0.3 is 9.64 Å². The number of hydrogen-bond acceptors (Lipinski definition) is 6. The highest BCUT2D eigenvalue weighted by molar-refractivity contribution is 5.84. The highest BCUT2D eigenvalue weighted by atomic mass is 16.5. The molecule has 3 heterocycles. The van der Waals surface area contributed by atoms with Crippen LogP contribution >= 0.6 is 0 Å². The lowest BCUT2D eigenvalue weighted by Crippen LogP contribution is -2.37. The van der Waals surface area contributed by atoms with E-state index in [0.717, 1.165) is 95.3 Å². The van der Waals surface area contributed by atoms with Crippen LogP contribution in [0.25, 0.3) is 22.2 Å². The second-order valence-electron chi connectivity index (χ2n) is 17.5. The Hall–Kier alpha value is -3.80. The molecule has 52 heavy (non-hydrogen) atoms. The number of benzene rings is 2. The first-order chi connectivity index (χ1) is 25.0. The summed E-state index contributed by atoms with van der Waals surface area (Å²) in [5.74, 6) is 6.27. The number of hydrogen-bond donors (Lipinski definition) is 0. The number of carbonyl (C=O) groups is 1. The summed E-state index contributed by atoms with van der Waals surface area (Å²) in [5, 5.41) is 10.0. The molecule has 6 unspecified atom stereocenters. The van der Waals surface area contributed by atoms with E-state index in [1.807, 2.05) is 18.2 Å². The number of rotatable bonds is 11. The maximum absolute atomic E-state index is 13.2. The first-order valence-corrected chi connectivity index (χ1v) is 20.4. The van der Waals surface area contributed by atoms with Gasteiger partial charge in [-0.25, -0.2) is 4.98 Å². The molecule has 2 aromatic heterocycles. The SMILES string of the molecule is CCC(C)C12CC(C(C)C)CC(C1)N(c1ccc3cc(CCC4CCCC(C)CC4=O)c(Oc4ccc(-c5ccc(C(C)C)nn5)cc4)cc3n1)C2. The summed E-state index contributed by atoms with van der Waals surface area (Å²) in [5.41, 5.74) is 5.32. The van der Waals surface area contributed by atoms with E-state index in [9.17, 15) is 4.79 Å². The monoisotopic (exact) mass is 700 g/mol. The molecule has 0 radical (unpaired) electrons. The molecule has 3 fully saturated rings. The lowest BCUT2D eigenvalue weighted by molar-refractivity contribution is -0.123. The summed E-state index contributed by atoms with van der Waals surface area (Å²) in [6.07, 6.45) is 10.7. The Morgan fingerprint density at radius 3 is 2.46 bits per heavy atom. The van der Waals surface area contributed by atoms with Crippen molar-refractivity contribution in [3.63, 3.8) is 0 Å². The molecule has 3 aliphatic rings. The molecule has 0 spiro atoms. The molecular weight excluding hydrogens is 641 g/mol. The number of Topliss-reactive ketones (excluding diaryl/α,β-unsaturated/α-hetero) is 1. The van der Waals surface area contributed by atoms with Crippen molar-refractivity contribution in [3.05, 3.63) is 71.9 Å². The maximum Gasteiger partial charge on any atom is 0.136 e. The van der Waals surface area contributed by atoms with E-state index in [2.05, 4.69) is 106 Å². The summed E-state index contributed by atoms with van der Waals surface area (Å²) >= 11 is 0. The number of ether oxygens (including phenoxy) is 1. The number of nitrogens with zero attached hydrogens (tertiary/aromatic N) is 4. The molecule has 2 bridgehead atoms. The van der Waals surface area contributed by atoms with Gasteiger partial charge in [0, 0.05) is 41.9 Å². The van der Waals surface area contributed by atoms with Crippen LogP contribution in [0.5, 0.6) is 11.5 Å². The first kappa shape index (κ1) is 36.6. The molecule has 6 atom stereocenters. The van der Waals surface area contributed by atoms with E-state index in [-0.39, 0.29) is 5.92 Å². The van der Waals surface area contributed by atoms with Crippen LogP contribution in [0.4, 0.5) is 5.82 Å². The summed E-state index contributed by atoms with van der Waals surface area (Å²) in [7, 11) is 0. The van der Waals surface area contributed by atoms with Gasteiger partial charge in [0.05, 0.1) is 16.9 Å². The summed E-state index contributed by atoms with van der Waals surface area (Å²) in [6, 6.07) is 21.7. The number of fused-ring (bicyclic) bond motifs is 3. The van der Waals surface area contributed by atoms with Crippen LogP contribution in [-0.2, 0) is 11.2 Å². The van der Waals surface area contributed by atoms with Gasteiger partial charge in [-0.15, -0.1) is 0 Å². The van der Waals surface area contributed by atoms with Crippen LogP contribution in [-0.4, -0.2) is 33.6 Å². The molecule has 1 aliphatic heterocycles. The number of ketones is 1. The summed E-state index contributed by atoms with van der Waals surface area (Å²) in [6.45, 7) is 17.2. The minimum atomic E-state index is 0.124. The lowest BCUT2D eigenvalue weighted by Gasteiger charge is -2.42. The molecule has 0 N–H and O–H groups in total. The smallest absolute Gasteiger partial charge is 0.136 e. The Morgan fingerprint density at radius 1 is 0.942 bits per heavy atom. The Morgan fingerprint density at radius 2 is 1.75 bits per heavy atom. The fraction of sp³-hybridized carbons (Fsp3) is 0.565. The summed E-state index contributed by atoms with van der Waals surface area (Å²) < 4.78 is 6.73. The lowest BCUT2D eigenvalue weighted by atomic mass is 9.62. The fourth-order valence-corrected chi connectivity index (χ4v) is 9.58. The average Bonchev–Trinajstić information content (AvgIpc) is 3.31. The number of pyridine rings is 1. The molecule has 6 nitrogen and oxygen atoms in total. The van der Waals surface area contributed by atoms with Crippen molar-refractivity contribution >= 4 is 22.5 Å². The molecule has 6 heteroatoms. The number of anilines is 1. The third-order valence-electron chi connectivity index (χ3n) is 13.2. The molecule has 2 saturated carbocycles. The van der Waals surface area contributed by atoms with E-state index in [4.69, 9.17) is 9.72 Å². The Bertz CT molecular complexity index is 1850. The zero-order valence-electron chi connectivity index (χ0n) is 32.7. The Labute approximate surface area is 312 Å². The topological polar surface area (TPSA) is 68.2 Å². The Balaban J connectivity index is 1.19. The third-order valence-corrected chi connectivity index (χ3v) is 13.2. The number of aromatic nitrogens is 3. The summed E-state index contributed by atoms with van der Waals surface area (Å²) in [4.78, 5) is 21.2. The second-order valence-corrected chi connectivity index (χ2v) is 17.5. The van der Waals surface area contributed by atoms with Crippen molar-refractivity contribution in [2.75, 3.05) is 11.4 Å². The molecular formula is C46H60N4O2. The highest BCUT2D eigenvalue weighted by Gasteiger charge is 2.52. The average molecular weight is 701 g/mol. The number of aryl methyl sites for hydroxylation is 1. The van der Waals surface area contributed by atoms with Crippen molar-refractivity contribution in [1.82, 2.24) is 15.2 Å².